The highest BCUT2D eigenvalue weighted by Gasteiger charge is 2.14. The SMILES string of the molecule is CCSc1scnc1C(=O)OC. The van der Waals surface area contributed by atoms with E-state index in [9.17, 15) is 4.79 Å². The predicted molar refractivity (Wildman–Crippen MR) is 49.9 cm³/mol. The summed E-state index contributed by atoms with van der Waals surface area (Å²) >= 11 is 3.08. The zero-order chi connectivity index (χ0) is 8.97. The van der Waals surface area contributed by atoms with Gasteiger partial charge in [-0.3, -0.25) is 0 Å². The molecule has 1 aromatic rings. The van der Waals surface area contributed by atoms with Crippen LogP contribution in [0, 0.1) is 0 Å². The van der Waals surface area contributed by atoms with Gasteiger partial charge in [0, 0.05) is 0 Å². The highest BCUT2D eigenvalue weighted by Crippen LogP contribution is 2.26. The number of thiazole rings is 1. The Hall–Kier alpha value is -0.550. The first-order valence-corrected chi connectivity index (χ1v) is 5.30. The van der Waals surface area contributed by atoms with E-state index in [1.54, 1.807) is 17.3 Å². The molecule has 1 aromatic heterocycles. The van der Waals surface area contributed by atoms with Gasteiger partial charge < -0.3 is 4.74 Å². The monoisotopic (exact) mass is 203 g/mol. The Kier molecular flexibility index (Phi) is 3.55. The van der Waals surface area contributed by atoms with E-state index in [1.807, 2.05) is 6.92 Å². The van der Waals surface area contributed by atoms with Crippen molar-refractivity contribution in [2.24, 2.45) is 0 Å². The van der Waals surface area contributed by atoms with Gasteiger partial charge in [-0.1, -0.05) is 6.92 Å². The van der Waals surface area contributed by atoms with Crippen LogP contribution in [-0.2, 0) is 4.74 Å². The summed E-state index contributed by atoms with van der Waals surface area (Å²) < 4.78 is 5.51. The topological polar surface area (TPSA) is 39.2 Å². The van der Waals surface area contributed by atoms with Crippen molar-refractivity contribution in [3.05, 3.63) is 11.2 Å². The number of rotatable bonds is 3. The van der Waals surface area contributed by atoms with Gasteiger partial charge in [-0.05, 0) is 5.75 Å². The van der Waals surface area contributed by atoms with Crippen LogP contribution >= 0.6 is 23.1 Å². The Morgan fingerprint density at radius 2 is 2.58 bits per heavy atom. The van der Waals surface area contributed by atoms with Crippen molar-refractivity contribution in [3.63, 3.8) is 0 Å². The molecule has 3 nitrogen and oxygen atoms in total. The van der Waals surface area contributed by atoms with Crippen LogP contribution in [0.5, 0.6) is 0 Å². The Balaban J connectivity index is 2.83. The third kappa shape index (κ3) is 1.98. The number of aromatic nitrogens is 1. The zero-order valence-electron chi connectivity index (χ0n) is 6.86. The van der Waals surface area contributed by atoms with Crippen LogP contribution in [0.4, 0.5) is 0 Å². The zero-order valence-corrected chi connectivity index (χ0v) is 8.50. The maximum atomic E-state index is 11.1. The molecule has 1 heterocycles. The Labute approximate surface area is 79.1 Å². The first-order chi connectivity index (χ1) is 5.79. The molecule has 12 heavy (non-hydrogen) atoms. The summed E-state index contributed by atoms with van der Waals surface area (Å²) in [5.41, 5.74) is 2.10. The number of carbonyl (C=O) groups excluding carboxylic acids is 1. The van der Waals surface area contributed by atoms with Crippen molar-refractivity contribution in [1.82, 2.24) is 4.98 Å². The maximum absolute atomic E-state index is 11.1. The van der Waals surface area contributed by atoms with Gasteiger partial charge in [0.25, 0.3) is 0 Å². The van der Waals surface area contributed by atoms with E-state index in [2.05, 4.69) is 9.72 Å². The number of methoxy groups -OCH3 is 1. The van der Waals surface area contributed by atoms with Crippen LogP contribution in [0.3, 0.4) is 0 Å². The van der Waals surface area contributed by atoms with Crippen LogP contribution in [0.2, 0.25) is 0 Å². The molecular weight excluding hydrogens is 194 g/mol. The van der Waals surface area contributed by atoms with E-state index < -0.39 is 0 Å². The summed E-state index contributed by atoms with van der Waals surface area (Å²) in [5, 5.41) is 0. The van der Waals surface area contributed by atoms with Crippen LogP contribution < -0.4 is 0 Å². The lowest BCUT2D eigenvalue weighted by molar-refractivity contribution is 0.0591. The number of hydrogen-bond acceptors (Lipinski definition) is 5. The Bertz CT molecular complexity index is 272. The minimum absolute atomic E-state index is 0.354. The van der Waals surface area contributed by atoms with E-state index in [-0.39, 0.29) is 5.97 Å². The molecule has 0 saturated carbocycles. The summed E-state index contributed by atoms with van der Waals surface area (Å²) in [6.45, 7) is 2.03. The number of ether oxygens (including phenoxy) is 1. The second-order valence-corrected chi connectivity index (χ2v) is 4.30. The summed E-state index contributed by atoms with van der Waals surface area (Å²) in [4.78, 5) is 15.0. The lowest BCUT2D eigenvalue weighted by Crippen LogP contribution is -2.02. The van der Waals surface area contributed by atoms with Gasteiger partial charge in [-0.2, -0.15) is 0 Å². The van der Waals surface area contributed by atoms with Gasteiger partial charge in [0.2, 0.25) is 0 Å². The third-order valence-electron chi connectivity index (χ3n) is 1.19. The molecule has 0 aliphatic rings. The van der Waals surface area contributed by atoms with Crippen molar-refractivity contribution in [3.8, 4) is 0 Å². The van der Waals surface area contributed by atoms with Gasteiger partial charge in [0.1, 0.15) is 0 Å². The largest absolute Gasteiger partial charge is 0.464 e. The van der Waals surface area contributed by atoms with E-state index in [4.69, 9.17) is 0 Å². The molecule has 5 heteroatoms. The van der Waals surface area contributed by atoms with Gasteiger partial charge in [0.15, 0.2) is 5.69 Å². The average molecular weight is 203 g/mol. The van der Waals surface area contributed by atoms with Crippen LogP contribution in [0.25, 0.3) is 0 Å². The second kappa shape index (κ2) is 4.47. The Morgan fingerprint density at radius 3 is 3.17 bits per heavy atom. The minimum Gasteiger partial charge on any atom is -0.464 e. The quantitative estimate of drug-likeness (QED) is 0.556. The smallest absolute Gasteiger partial charge is 0.358 e. The summed E-state index contributed by atoms with van der Waals surface area (Å²) in [7, 11) is 1.36. The molecule has 0 atom stereocenters. The fourth-order valence-electron chi connectivity index (χ4n) is 0.702. The third-order valence-corrected chi connectivity index (χ3v) is 3.19. The van der Waals surface area contributed by atoms with Gasteiger partial charge in [-0.15, -0.1) is 23.1 Å². The molecule has 66 valence electrons. The summed E-state index contributed by atoms with van der Waals surface area (Å²) in [6, 6.07) is 0. The Morgan fingerprint density at radius 1 is 1.83 bits per heavy atom. The molecule has 0 saturated heterocycles. The number of carbonyl (C=O) groups is 1. The lowest BCUT2D eigenvalue weighted by atomic mass is 10.5. The normalized spacial score (nSPS) is 9.83. The highest BCUT2D eigenvalue weighted by molar-refractivity contribution is 8.01. The fraction of sp³-hybridized carbons (Fsp3) is 0.429. The molecule has 0 spiro atoms. The molecule has 0 N–H and O–H groups in total. The standard InChI is InChI=1S/C7H9NO2S2/c1-3-11-7-5(6(9)10-2)8-4-12-7/h4H,3H2,1-2H3. The van der Waals surface area contributed by atoms with Crippen molar-refractivity contribution < 1.29 is 9.53 Å². The fourth-order valence-corrected chi connectivity index (χ4v) is 2.49. The minimum atomic E-state index is -0.354. The van der Waals surface area contributed by atoms with Crippen LogP contribution in [0.1, 0.15) is 17.4 Å². The molecule has 0 radical (unpaired) electrons. The van der Waals surface area contributed by atoms with E-state index in [0.29, 0.717) is 5.69 Å². The number of esters is 1. The van der Waals surface area contributed by atoms with Gasteiger partial charge in [0.05, 0.1) is 16.8 Å². The average Bonchev–Trinajstić information content (AvgIpc) is 2.52. The van der Waals surface area contributed by atoms with Gasteiger partial charge >= 0.3 is 5.97 Å². The highest BCUT2D eigenvalue weighted by atomic mass is 32.2. The second-order valence-electron chi connectivity index (χ2n) is 1.91. The number of hydrogen-bond donors (Lipinski definition) is 0. The van der Waals surface area contributed by atoms with E-state index >= 15 is 0 Å². The van der Waals surface area contributed by atoms with Crippen molar-refractivity contribution in [2.45, 2.75) is 11.1 Å². The molecule has 0 aliphatic carbocycles. The van der Waals surface area contributed by atoms with E-state index in [1.165, 1.54) is 18.4 Å². The first-order valence-electron chi connectivity index (χ1n) is 3.44. The van der Waals surface area contributed by atoms with Crippen molar-refractivity contribution in [1.29, 1.82) is 0 Å². The van der Waals surface area contributed by atoms with Crippen LogP contribution in [-0.4, -0.2) is 23.8 Å². The molecule has 0 bridgehead atoms. The predicted octanol–water partition coefficient (Wildman–Crippen LogP) is 2.04. The summed E-state index contributed by atoms with van der Waals surface area (Å²) in [6.07, 6.45) is 0. The number of thioether (sulfide) groups is 1. The number of nitrogens with zero attached hydrogens (tertiary/aromatic N) is 1. The van der Waals surface area contributed by atoms with Crippen molar-refractivity contribution in [2.75, 3.05) is 12.9 Å². The molecule has 0 aromatic carbocycles. The van der Waals surface area contributed by atoms with Crippen LogP contribution in [0.15, 0.2) is 9.72 Å². The molecule has 0 fully saturated rings. The molecule has 0 amide bonds. The first kappa shape index (κ1) is 9.54. The molecule has 1 rings (SSSR count). The lowest BCUT2D eigenvalue weighted by Gasteiger charge is -1.96. The molecule has 0 aliphatic heterocycles. The summed E-state index contributed by atoms with van der Waals surface area (Å²) in [5.74, 6) is 0.582. The maximum Gasteiger partial charge on any atom is 0.358 e. The van der Waals surface area contributed by atoms with Crippen molar-refractivity contribution >= 4 is 29.1 Å². The molecular formula is C7H9NO2S2. The molecule has 0 unspecified atom stereocenters. The van der Waals surface area contributed by atoms with E-state index in [0.717, 1.165) is 9.96 Å². The van der Waals surface area contributed by atoms with Gasteiger partial charge in [-0.25, -0.2) is 9.78 Å².